The molecule has 0 amide bonds. The summed E-state index contributed by atoms with van der Waals surface area (Å²) in [6.45, 7) is 6.36. The molecular formula is C50H84O6. The molecule has 0 aromatic rings. The van der Waals surface area contributed by atoms with Crippen LogP contribution in [0.25, 0.3) is 0 Å². The number of unbranched alkanes of at least 4 members (excludes halogenated alkanes) is 21. The first-order chi connectivity index (χ1) is 27.5. The zero-order valence-corrected chi connectivity index (χ0v) is 36.4. The minimum absolute atomic E-state index is 0.111. The third kappa shape index (κ3) is 42.0. The summed E-state index contributed by atoms with van der Waals surface area (Å²) in [7, 11) is 0. The van der Waals surface area contributed by atoms with E-state index in [2.05, 4.69) is 39.0 Å². The SMILES string of the molecule is CC\C=C/C=C\C=C/C=C\C=C/CCCC(=O)OC(COC(=O)CCC/C=C\CCCCCC)COC(=O)CCCCCCCCCCCCCCCCCC. The molecule has 0 aromatic heterocycles. The minimum atomic E-state index is -0.819. The fourth-order valence-corrected chi connectivity index (χ4v) is 6.12. The minimum Gasteiger partial charge on any atom is -0.462 e. The lowest BCUT2D eigenvalue weighted by molar-refractivity contribution is -0.167. The predicted octanol–water partition coefficient (Wildman–Crippen LogP) is 14.7. The highest BCUT2D eigenvalue weighted by Crippen LogP contribution is 2.15. The molecule has 0 aromatic carbocycles. The summed E-state index contributed by atoms with van der Waals surface area (Å²) in [5.41, 5.74) is 0. The van der Waals surface area contributed by atoms with Crippen molar-refractivity contribution in [1.82, 2.24) is 0 Å². The van der Waals surface area contributed by atoms with Gasteiger partial charge in [0, 0.05) is 19.3 Å². The zero-order chi connectivity index (χ0) is 40.8. The van der Waals surface area contributed by atoms with Gasteiger partial charge in [0.15, 0.2) is 6.10 Å². The molecule has 0 saturated carbocycles. The van der Waals surface area contributed by atoms with Crippen LogP contribution in [0.1, 0.15) is 207 Å². The molecule has 0 aliphatic rings. The Morgan fingerprint density at radius 1 is 0.375 bits per heavy atom. The van der Waals surface area contributed by atoms with Gasteiger partial charge in [-0.15, -0.1) is 0 Å². The van der Waals surface area contributed by atoms with Gasteiger partial charge >= 0.3 is 17.9 Å². The highest BCUT2D eigenvalue weighted by atomic mass is 16.6. The van der Waals surface area contributed by atoms with Gasteiger partial charge in [-0.25, -0.2) is 0 Å². The van der Waals surface area contributed by atoms with E-state index in [1.807, 2.05) is 54.7 Å². The van der Waals surface area contributed by atoms with E-state index in [9.17, 15) is 14.4 Å². The second-order valence-corrected chi connectivity index (χ2v) is 15.1. The average molecular weight is 781 g/mol. The van der Waals surface area contributed by atoms with Crippen LogP contribution in [-0.2, 0) is 28.6 Å². The van der Waals surface area contributed by atoms with Gasteiger partial charge < -0.3 is 14.2 Å². The first-order valence-corrected chi connectivity index (χ1v) is 23.0. The van der Waals surface area contributed by atoms with Crippen LogP contribution >= 0.6 is 0 Å². The van der Waals surface area contributed by atoms with Crippen molar-refractivity contribution in [3.05, 3.63) is 72.9 Å². The lowest BCUT2D eigenvalue weighted by atomic mass is 10.0. The molecule has 0 bridgehead atoms. The first-order valence-electron chi connectivity index (χ1n) is 23.0. The number of rotatable bonds is 40. The van der Waals surface area contributed by atoms with Crippen molar-refractivity contribution >= 4 is 17.9 Å². The molecule has 6 heteroatoms. The Bertz CT molecular complexity index is 1080. The second kappa shape index (κ2) is 44.6. The number of hydrogen-bond acceptors (Lipinski definition) is 6. The fourth-order valence-electron chi connectivity index (χ4n) is 6.12. The van der Waals surface area contributed by atoms with E-state index in [-0.39, 0.29) is 37.5 Å². The summed E-state index contributed by atoms with van der Waals surface area (Å²) in [5, 5.41) is 0. The Balaban J connectivity index is 4.45. The number of hydrogen-bond donors (Lipinski definition) is 0. The van der Waals surface area contributed by atoms with E-state index in [0.29, 0.717) is 25.7 Å². The van der Waals surface area contributed by atoms with Gasteiger partial charge in [0.05, 0.1) is 0 Å². The highest BCUT2D eigenvalue weighted by Gasteiger charge is 2.19. The smallest absolute Gasteiger partial charge is 0.306 e. The molecule has 1 atom stereocenters. The largest absolute Gasteiger partial charge is 0.462 e. The molecule has 320 valence electrons. The van der Waals surface area contributed by atoms with Gasteiger partial charge in [0.25, 0.3) is 0 Å². The van der Waals surface area contributed by atoms with Crippen molar-refractivity contribution in [2.75, 3.05) is 13.2 Å². The lowest BCUT2D eigenvalue weighted by Crippen LogP contribution is -2.30. The van der Waals surface area contributed by atoms with Gasteiger partial charge in [0.2, 0.25) is 0 Å². The Morgan fingerprint density at radius 3 is 1.21 bits per heavy atom. The Hall–Kier alpha value is -3.15. The van der Waals surface area contributed by atoms with Crippen molar-refractivity contribution < 1.29 is 28.6 Å². The normalized spacial score (nSPS) is 12.7. The molecule has 0 N–H and O–H groups in total. The first kappa shape index (κ1) is 52.9. The number of esters is 3. The molecule has 0 aliphatic carbocycles. The number of ether oxygens (including phenoxy) is 3. The molecule has 56 heavy (non-hydrogen) atoms. The van der Waals surface area contributed by atoms with Crippen molar-refractivity contribution in [3.63, 3.8) is 0 Å². The monoisotopic (exact) mass is 781 g/mol. The standard InChI is InChI=1S/C50H84O6/c1-4-7-10-13-16-19-21-23-24-25-27-28-31-34-37-40-43-49(52)55-46-47(45-54-48(51)42-39-36-33-30-18-15-12-9-6-3)56-50(53)44-41-38-35-32-29-26-22-20-17-14-11-8-5-2/h8,11,14,17,20,22,26,29-30,32-33,35,47H,4-7,9-10,12-13,15-16,18-19,21,23-25,27-28,31,34,36-46H2,1-3H3/b11-8-,17-14-,22-20-,29-26-,33-30-,35-32-. The Labute approximate surface area is 344 Å². The van der Waals surface area contributed by atoms with Crippen LogP contribution in [0.2, 0.25) is 0 Å². The Kier molecular flexibility index (Phi) is 42.1. The third-order valence-corrected chi connectivity index (χ3v) is 9.57. The van der Waals surface area contributed by atoms with Gasteiger partial charge in [-0.3, -0.25) is 14.4 Å². The summed E-state index contributed by atoms with van der Waals surface area (Å²) in [4.78, 5) is 37.6. The molecule has 0 rings (SSSR count). The van der Waals surface area contributed by atoms with E-state index < -0.39 is 6.10 Å². The van der Waals surface area contributed by atoms with Crippen LogP contribution in [0.4, 0.5) is 0 Å². The van der Waals surface area contributed by atoms with E-state index in [0.717, 1.165) is 44.9 Å². The van der Waals surface area contributed by atoms with Crippen LogP contribution in [-0.4, -0.2) is 37.2 Å². The van der Waals surface area contributed by atoms with Gasteiger partial charge in [-0.05, 0) is 51.4 Å². The molecule has 0 fully saturated rings. The summed E-state index contributed by atoms with van der Waals surface area (Å²) < 4.78 is 16.6. The van der Waals surface area contributed by atoms with Crippen molar-refractivity contribution in [1.29, 1.82) is 0 Å². The van der Waals surface area contributed by atoms with Gasteiger partial charge in [-0.2, -0.15) is 0 Å². The number of carbonyl (C=O) groups is 3. The summed E-state index contributed by atoms with van der Waals surface area (Å²) >= 11 is 0. The van der Waals surface area contributed by atoms with Crippen LogP contribution in [0, 0.1) is 0 Å². The van der Waals surface area contributed by atoms with E-state index in [4.69, 9.17) is 14.2 Å². The Morgan fingerprint density at radius 2 is 0.732 bits per heavy atom. The maximum atomic E-state index is 12.7. The molecule has 0 spiro atoms. The van der Waals surface area contributed by atoms with Crippen molar-refractivity contribution in [2.45, 2.75) is 213 Å². The molecule has 6 nitrogen and oxygen atoms in total. The molecular weight excluding hydrogens is 697 g/mol. The fraction of sp³-hybridized carbons (Fsp3) is 0.700. The maximum absolute atomic E-state index is 12.7. The van der Waals surface area contributed by atoms with Crippen LogP contribution in [0.3, 0.4) is 0 Å². The summed E-state index contributed by atoms with van der Waals surface area (Å²) in [6, 6.07) is 0. The van der Waals surface area contributed by atoms with E-state index >= 15 is 0 Å². The summed E-state index contributed by atoms with van der Waals surface area (Å²) in [6.07, 6.45) is 54.8. The topological polar surface area (TPSA) is 78.9 Å². The lowest BCUT2D eigenvalue weighted by Gasteiger charge is -2.18. The number of allylic oxidation sites excluding steroid dienone is 12. The van der Waals surface area contributed by atoms with E-state index in [1.165, 1.54) is 109 Å². The highest BCUT2D eigenvalue weighted by molar-refractivity contribution is 5.71. The van der Waals surface area contributed by atoms with Gasteiger partial charge in [-0.1, -0.05) is 209 Å². The molecule has 0 heterocycles. The predicted molar refractivity (Wildman–Crippen MR) is 238 cm³/mol. The van der Waals surface area contributed by atoms with Crippen LogP contribution in [0.15, 0.2) is 72.9 Å². The van der Waals surface area contributed by atoms with Crippen molar-refractivity contribution in [3.8, 4) is 0 Å². The van der Waals surface area contributed by atoms with Crippen LogP contribution in [0.5, 0.6) is 0 Å². The quantitative estimate of drug-likeness (QED) is 0.0203. The molecule has 0 saturated heterocycles. The molecule has 0 aliphatic heterocycles. The van der Waals surface area contributed by atoms with Crippen molar-refractivity contribution in [2.24, 2.45) is 0 Å². The van der Waals surface area contributed by atoms with E-state index in [1.54, 1.807) is 0 Å². The van der Waals surface area contributed by atoms with Gasteiger partial charge in [0.1, 0.15) is 13.2 Å². The third-order valence-electron chi connectivity index (χ3n) is 9.57. The molecule has 0 radical (unpaired) electrons. The average Bonchev–Trinajstić information content (AvgIpc) is 3.19. The second-order valence-electron chi connectivity index (χ2n) is 15.1. The summed E-state index contributed by atoms with van der Waals surface area (Å²) in [5.74, 6) is -1.03. The zero-order valence-electron chi connectivity index (χ0n) is 36.4. The van der Waals surface area contributed by atoms with Crippen LogP contribution < -0.4 is 0 Å². The number of carbonyl (C=O) groups excluding carboxylic acids is 3. The maximum Gasteiger partial charge on any atom is 0.306 e. The molecule has 1 unspecified atom stereocenters.